The first-order chi connectivity index (χ1) is 10.2. The van der Waals surface area contributed by atoms with Gasteiger partial charge >= 0.3 is 0 Å². The number of nitrogen functional groups attached to an aromatic ring is 1. The molecule has 0 bridgehead atoms. The van der Waals surface area contributed by atoms with E-state index in [2.05, 4.69) is 27.2 Å². The van der Waals surface area contributed by atoms with Gasteiger partial charge in [0, 0.05) is 33.2 Å². The minimum Gasteiger partial charge on any atom is -0.383 e. The molecule has 1 unspecified atom stereocenters. The molecule has 0 aliphatic rings. The van der Waals surface area contributed by atoms with Crippen LogP contribution < -0.4 is 16.2 Å². The Labute approximate surface area is 123 Å². The zero-order valence-electron chi connectivity index (χ0n) is 12.6. The highest BCUT2D eigenvalue weighted by molar-refractivity contribution is 5.67. The average molecular weight is 294 g/mol. The molecule has 2 heterocycles. The minimum absolute atomic E-state index is 0.131. The van der Waals surface area contributed by atoms with Crippen LogP contribution in [0.25, 0.3) is 5.65 Å². The lowest BCUT2D eigenvalue weighted by Gasteiger charge is -2.30. The van der Waals surface area contributed by atoms with E-state index in [1.54, 1.807) is 26.6 Å². The zero-order chi connectivity index (χ0) is 15.2. The van der Waals surface area contributed by atoms with Gasteiger partial charge in [-0.05, 0) is 6.92 Å². The summed E-state index contributed by atoms with van der Waals surface area (Å²) in [6.45, 7) is 3.93. The van der Waals surface area contributed by atoms with Gasteiger partial charge in [0.05, 0.1) is 25.5 Å². The number of hydrogen-bond donors (Lipinski definition) is 2. The van der Waals surface area contributed by atoms with Crippen molar-refractivity contribution in [1.82, 2.24) is 14.4 Å². The van der Waals surface area contributed by atoms with E-state index >= 15 is 0 Å². The Hall–Kier alpha value is -1.90. The molecule has 8 heteroatoms. The van der Waals surface area contributed by atoms with Crippen LogP contribution in [0.2, 0.25) is 0 Å². The normalized spacial score (nSPS) is 12.6. The second-order valence-corrected chi connectivity index (χ2v) is 4.74. The number of fused-ring (bicyclic) bond motifs is 1. The van der Waals surface area contributed by atoms with Crippen LogP contribution in [0.5, 0.6) is 0 Å². The van der Waals surface area contributed by atoms with Crippen molar-refractivity contribution in [1.29, 1.82) is 0 Å². The highest BCUT2D eigenvalue weighted by atomic mass is 16.5. The van der Waals surface area contributed by atoms with E-state index in [1.807, 2.05) is 10.6 Å². The molecule has 1 atom stereocenters. The summed E-state index contributed by atoms with van der Waals surface area (Å²) in [5.74, 6) is 6.82. The lowest BCUT2D eigenvalue weighted by atomic mass is 10.3. The molecular weight excluding hydrogens is 272 g/mol. The third-order valence-electron chi connectivity index (χ3n) is 3.25. The predicted molar refractivity (Wildman–Crippen MR) is 81.4 cm³/mol. The van der Waals surface area contributed by atoms with Crippen LogP contribution in [0.4, 0.5) is 11.6 Å². The van der Waals surface area contributed by atoms with E-state index in [0.29, 0.717) is 25.6 Å². The summed E-state index contributed by atoms with van der Waals surface area (Å²) in [6.07, 6.45) is 5.38. The second kappa shape index (κ2) is 7.21. The van der Waals surface area contributed by atoms with E-state index < -0.39 is 0 Å². The highest BCUT2D eigenvalue weighted by Gasteiger charge is 2.20. The van der Waals surface area contributed by atoms with Gasteiger partial charge in [-0.25, -0.2) is 15.8 Å². The molecular formula is C13H22N6O2. The van der Waals surface area contributed by atoms with Gasteiger partial charge in [0.15, 0.2) is 17.3 Å². The summed E-state index contributed by atoms with van der Waals surface area (Å²) in [4.78, 5) is 11.0. The Kier molecular flexibility index (Phi) is 5.32. The summed E-state index contributed by atoms with van der Waals surface area (Å²) in [5, 5.41) is 0. The zero-order valence-corrected chi connectivity index (χ0v) is 12.6. The van der Waals surface area contributed by atoms with Crippen LogP contribution in [-0.4, -0.2) is 54.4 Å². The van der Waals surface area contributed by atoms with Gasteiger partial charge in [0.2, 0.25) is 0 Å². The molecule has 8 nitrogen and oxygen atoms in total. The van der Waals surface area contributed by atoms with Crippen LogP contribution in [0.3, 0.4) is 0 Å². The quantitative estimate of drug-likeness (QED) is 0.541. The number of rotatable bonds is 8. The number of aromatic nitrogens is 3. The minimum atomic E-state index is 0.131. The Morgan fingerprint density at radius 1 is 1.43 bits per heavy atom. The molecule has 116 valence electrons. The van der Waals surface area contributed by atoms with Crippen molar-refractivity contribution in [2.75, 3.05) is 44.3 Å². The van der Waals surface area contributed by atoms with Crippen molar-refractivity contribution in [2.24, 2.45) is 5.84 Å². The van der Waals surface area contributed by atoms with Crippen molar-refractivity contribution in [2.45, 2.75) is 13.0 Å². The van der Waals surface area contributed by atoms with Crippen molar-refractivity contribution in [3.8, 4) is 0 Å². The molecule has 0 saturated heterocycles. The van der Waals surface area contributed by atoms with Crippen LogP contribution in [0, 0.1) is 0 Å². The second-order valence-electron chi connectivity index (χ2n) is 4.74. The maximum absolute atomic E-state index is 5.50. The first-order valence-corrected chi connectivity index (χ1v) is 6.76. The first kappa shape index (κ1) is 15.5. The van der Waals surface area contributed by atoms with E-state index in [-0.39, 0.29) is 6.04 Å². The molecule has 3 N–H and O–H groups in total. The number of hydrogen-bond acceptors (Lipinski definition) is 7. The van der Waals surface area contributed by atoms with Gasteiger partial charge in [-0.15, -0.1) is 0 Å². The summed E-state index contributed by atoms with van der Waals surface area (Å²) >= 11 is 0. The molecule has 0 aromatic carbocycles. The third kappa shape index (κ3) is 3.41. The van der Waals surface area contributed by atoms with Gasteiger partial charge in [-0.1, -0.05) is 0 Å². The topological polar surface area (TPSA) is 89.9 Å². The molecule has 0 saturated carbocycles. The number of methoxy groups -OCH3 is 2. The lowest BCUT2D eigenvalue weighted by Crippen LogP contribution is -2.39. The number of nitrogens with two attached hydrogens (primary N) is 1. The molecule has 0 spiro atoms. The van der Waals surface area contributed by atoms with Gasteiger partial charge < -0.3 is 24.2 Å². The maximum atomic E-state index is 5.50. The van der Waals surface area contributed by atoms with Crippen molar-refractivity contribution in [3.63, 3.8) is 0 Å². The molecule has 0 radical (unpaired) electrons. The third-order valence-corrected chi connectivity index (χ3v) is 3.25. The SMILES string of the molecule is COCCN(c1nc(NN)cn2ccnc12)C(C)COC. The standard InChI is InChI=1S/C13H22N6O2/c1-10(9-21-3)19(6-7-20-2)13-12-15-4-5-18(12)8-11(16-13)17-14/h4-5,8,10,17H,6-7,9,14H2,1-3H3. The summed E-state index contributed by atoms with van der Waals surface area (Å²) in [7, 11) is 3.36. The highest BCUT2D eigenvalue weighted by Crippen LogP contribution is 2.22. The number of imidazole rings is 1. The van der Waals surface area contributed by atoms with Gasteiger partial charge in [-0.2, -0.15) is 0 Å². The maximum Gasteiger partial charge on any atom is 0.180 e. The number of ether oxygens (including phenoxy) is 2. The Bertz CT molecular complexity index is 573. The van der Waals surface area contributed by atoms with E-state index in [0.717, 1.165) is 11.5 Å². The van der Waals surface area contributed by atoms with Crippen LogP contribution in [-0.2, 0) is 9.47 Å². The molecule has 0 aliphatic heterocycles. The van der Waals surface area contributed by atoms with Crippen molar-refractivity contribution in [3.05, 3.63) is 18.6 Å². The van der Waals surface area contributed by atoms with E-state index in [9.17, 15) is 0 Å². The smallest absolute Gasteiger partial charge is 0.180 e. The Balaban J connectivity index is 2.43. The number of nitrogens with one attached hydrogen (secondary N) is 1. The largest absolute Gasteiger partial charge is 0.383 e. The monoisotopic (exact) mass is 294 g/mol. The van der Waals surface area contributed by atoms with Crippen molar-refractivity contribution >= 4 is 17.3 Å². The lowest BCUT2D eigenvalue weighted by molar-refractivity contribution is 0.170. The predicted octanol–water partition coefficient (Wildman–Crippen LogP) is 0.503. The summed E-state index contributed by atoms with van der Waals surface area (Å²) in [5.41, 5.74) is 3.35. The molecule has 2 rings (SSSR count). The molecule has 2 aromatic heterocycles. The van der Waals surface area contributed by atoms with Gasteiger partial charge in [0.1, 0.15) is 0 Å². The molecule has 21 heavy (non-hydrogen) atoms. The fraction of sp³-hybridized carbons (Fsp3) is 0.538. The van der Waals surface area contributed by atoms with E-state index in [4.69, 9.17) is 15.3 Å². The number of nitrogens with zero attached hydrogens (tertiary/aromatic N) is 4. The van der Waals surface area contributed by atoms with Crippen LogP contribution in [0.1, 0.15) is 6.92 Å². The number of anilines is 2. The molecule has 0 amide bonds. The number of hydrazine groups is 1. The fourth-order valence-electron chi connectivity index (χ4n) is 2.23. The van der Waals surface area contributed by atoms with Crippen molar-refractivity contribution < 1.29 is 9.47 Å². The Morgan fingerprint density at radius 2 is 2.24 bits per heavy atom. The fourth-order valence-corrected chi connectivity index (χ4v) is 2.23. The summed E-state index contributed by atoms with van der Waals surface area (Å²) < 4.78 is 12.3. The summed E-state index contributed by atoms with van der Waals surface area (Å²) in [6, 6.07) is 0.131. The molecule has 0 fully saturated rings. The Morgan fingerprint density at radius 3 is 2.90 bits per heavy atom. The molecule has 0 aliphatic carbocycles. The first-order valence-electron chi connectivity index (χ1n) is 6.76. The van der Waals surface area contributed by atoms with E-state index in [1.165, 1.54) is 0 Å². The van der Waals surface area contributed by atoms with Gasteiger partial charge in [0.25, 0.3) is 0 Å². The van der Waals surface area contributed by atoms with Crippen LogP contribution >= 0.6 is 0 Å². The van der Waals surface area contributed by atoms with Crippen LogP contribution in [0.15, 0.2) is 18.6 Å². The van der Waals surface area contributed by atoms with Gasteiger partial charge in [-0.3, -0.25) is 0 Å². The molecule has 2 aromatic rings. The average Bonchev–Trinajstić information content (AvgIpc) is 2.96.